The van der Waals surface area contributed by atoms with Gasteiger partial charge in [0.25, 0.3) is 0 Å². The van der Waals surface area contributed by atoms with Crippen LogP contribution in [-0.4, -0.2) is 11.8 Å². The lowest BCUT2D eigenvalue weighted by atomic mass is 9.94. The Kier molecular flexibility index (Phi) is 5.25. The molecule has 0 radical (unpaired) electrons. The van der Waals surface area contributed by atoms with E-state index in [1.165, 1.54) is 5.56 Å². The highest BCUT2D eigenvalue weighted by atomic mass is 16.5. The maximum atomic E-state index is 12.4. The third kappa shape index (κ3) is 3.99. The summed E-state index contributed by atoms with van der Waals surface area (Å²) in [4.78, 5) is 24.8. The number of carbonyl (C=O) groups excluding carboxylic acids is 2. The first-order valence-corrected chi connectivity index (χ1v) is 9.94. The number of rotatable bonds is 6. The summed E-state index contributed by atoms with van der Waals surface area (Å²) in [5, 5.41) is 0. The second-order valence-electron chi connectivity index (χ2n) is 7.62. The van der Waals surface area contributed by atoms with Crippen LogP contribution in [0.15, 0.2) is 66.8 Å². The summed E-state index contributed by atoms with van der Waals surface area (Å²) in [6, 6.07) is 15.0. The maximum Gasteiger partial charge on any atom is 0.314 e. The summed E-state index contributed by atoms with van der Waals surface area (Å²) in [7, 11) is 0. The fourth-order valence-corrected chi connectivity index (χ4v) is 4.06. The van der Waals surface area contributed by atoms with Crippen molar-refractivity contribution in [1.82, 2.24) is 0 Å². The number of carbonyl (C=O) groups is 2. The first-order valence-electron chi connectivity index (χ1n) is 9.94. The molecule has 2 bridgehead atoms. The molecular weight excluding hydrogens is 348 g/mol. The van der Waals surface area contributed by atoms with E-state index in [1.54, 1.807) is 30.3 Å². The Morgan fingerprint density at radius 1 is 1.00 bits per heavy atom. The number of ether oxygens (including phenoxy) is 1. The Balaban J connectivity index is 1.35. The number of hydrogen-bond acceptors (Lipinski definition) is 3. The Labute approximate surface area is 165 Å². The molecule has 3 nitrogen and oxygen atoms in total. The Bertz CT molecular complexity index is 919. The average molecular weight is 372 g/mol. The fraction of sp³-hybridized carbons (Fsp3) is 0.280. The van der Waals surface area contributed by atoms with E-state index in [4.69, 9.17) is 4.74 Å². The Morgan fingerprint density at radius 2 is 1.75 bits per heavy atom. The molecule has 1 fully saturated rings. The average Bonchev–Trinajstić information content (AvgIpc) is 3.37. The molecule has 3 unspecified atom stereocenters. The van der Waals surface area contributed by atoms with Crippen LogP contribution < -0.4 is 4.74 Å². The molecule has 2 aromatic rings. The Hall–Kier alpha value is -2.94. The lowest BCUT2D eigenvalue weighted by Gasteiger charge is -2.16. The molecule has 0 amide bonds. The van der Waals surface area contributed by atoms with Gasteiger partial charge in [0, 0.05) is 5.56 Å². The minimum Gasteiger partial charge on any atom is -0.426 e. The van der Waals surface area contributed by atoms with Crippen LogP contribution in [0.5, 0.6) is 5.75 Å². The maximum absolute atomic E-state index is 12.4. The van der Waals surface area contributed by atoms with Crippen molar-refractivity contribution in [3.05, 3.63) is 83.4 Å². The van der Waals surface area contributed by atoms with E-state index in [2.05, 4.69) is 31.2 Å². The number of ketones is 1. The van der Waals surface area contributed by atoms with E-state index >= 15 is 0 Å². The highest BCUT2D eigenvalue weighted by molar-refractivity contribution is 6.06. The third-order valence-corrected chi connectivity index (χ3v) is 5.75. The summed E-state index contributed by atoms with van der Waals surface area (Å²) in [5.74, 6) is 1.09. The van der Waals surface area contributed by atoms with Gasteiger partial charge in [-0.15, -0.1) is 0 Å². The number of esters is 1. The van der Waals surface area contributed by atoms with Crippen molar-refractivity contribution >= 4 is 17.8 Å². The molecule has 3 heteroatoms. The highest BCUT2D eigenvalue weighted by Crippen LogP contribution is 2.43. The van der Waals surface area contributed by atoms with Crippen molar-refractivity contribution in [2.75, 3.05) is 0 Å². The largest absolute Gasteiger partial charge is 0.426 e. The van der Waals surface area contributed by atoms with Crippen LogP contribution in [0.3, 0.4) is 0 Å². The molecule has 0 spiro atoms. The molecule has 3 atom stereocenters. The molecule has 0 aromatic heterocycles. The normalized spacial score (nSPS) is 22.7. The third-order valence-electron chi connectivity index (χ3n) is 5.75. The van der Waals surface area contributed by atoms with Crippen molar-refractivity contribution < 1.29 is 14.3 Å². The van der Waals surface area contributed by atoms with E-state index in [1.807, 2.05) is 18.2 Å². The summed E-state index contributed by atoms with van der Waals surface area (Å²) < 4.78 is 5.53. The Morgan fingerprint density at radius 3 is 2.36 bits per heavy atom. The van der Waals surface area contributed by atoms with Gasteiger partial charge < -0.3 is 4.74 Å². The number of allylic oxidation sites excluding steroid dienone is 3. The van der Waals surface area contributed by atoms with Crippen LogP contribution in [-0.2, 0) is 11.2 Å². The molecule has 2 aliphatic rings. The van der Waals surface area contributed by atoms with E-state index in [9.17, 15) is 9.59 Å². The molecule has 0 heterocycles. The number of hydrogen-bond donors (Lipinski definition) is 0. The molecule has 4 rings (SSSR count). The van der Waals surface area contributed by atoms with Gasteiger partial charge in [-0.2, -0.15) is 0 Å². The van der Waals surface area contributed by atoms with Crippen molar-refractivity contribution in [3.8, 4) is 5.75 Å². The van der Waals surface area contributed by atoms with E-state index < -0.39 is 0 Å². The van der Waals surface area contributed by atoms with Gasteiger partial charge >= 0.3 is 5.97 Å². The lowest BCUT2D eigenvalue weighted by Crippen LogP contribution is -2.23. The minimum absolute atomic E-state index is 0.0293. The van der Waals surface area contributed by atoms with E-state index in [-0.39, 0.29) is 17.7 Å². The minimum atomic E-state index is -0.161. The predicted molar refractivity (Wildman–Crippen MR) is 110 cm³/mol. The number of benzene rings is 2. The van der Waals surface area contributed by atoms with Gasteiger partial charge in [0.2, 0.25) is 0 Å². The van der Waals surface area contributed by atoms with Gasteiger partial charge in [-0.25, -0.2) is 0 Å². The zero-order valence-electron chi connectivity index (χ0n) is 16.0. The second-order valence-corrected chi connectivity index (χ2v) is 7.62. The molecule has 28 heavy (non-hydrogen) atoms. The van der Waals surface area contributed by atoms with Crippen molar-refractivity contribution in [1.29, 1.82) is 0 Å². The van der Waals surface area contributed by atoms with Gasteiger partial charge in [-0.05, 0) is 72.6 Å². The number of fused-ring (bicyclic) bond motifs is 2. The number of aryl methyl sites for hydroxylation is 1. The van der Waals surface area contributed by atoms with Gasteiger partial charge in [0.15, 0.2) is 5.78 Å². The molecule has 142 valence electrons. The monoisotopic (exact) mass is 372 g/mol. The van der Waals surface area contributed by atoms with Gasteiger partial charge in [0.1, 0.15) is 5.75 Å². The summed E-state index contributed by atoms with van der Waals surface area (Å²) in [5.41, 5.74) is 2.84. The van der Waals surface area contributed by atoms with Crippen LogP contribution in [0.4, 0.5) is 0 Å². The van der Waals surface area contributed by atoms with Gasteiger partial charge in [-0.3, -0.25) is 9.59 Å². The first-order chi connectivity index (χ1) is 13.6. The molecule has 2 aliphatic carbocycles. The first kappa shape index (κ1) is 18.4. The highest BCUT2D eigenvalue weighted by Gasteiger charge is 2.40. The quantitative estimate of drug-likeness (QED) is 0.228. The zero-order chi connectivity index (χ0) is 19.5. The second kappa shape index (κ2) is 7.97. The van der Waals surface area contributed by atoms with Crippen LogP contribution >= 0.6 is 0 Å². The van der Waals surface area contributed by atoms with Crippen LogP contribution in [0.25, 0.3) is 6.08 Å². The van der Waals surface area contributed by atoms with Crippen molar-refractivity contribution in [2.45, 2.75) is 26.2 Å². The van der Waals surface area contributed by atoms with Crippen LogP contribution in [0, 0.1) is 17.8 Å². The summed E-state index contributed by atoms with van der Waals surface area (Å²) in [6.07, 6.45) is 10.7. The molecule has 0 N–H and O–H groups in total. The summed E-state index contributed by atoms with van der Waals surface area (Å²) >= 11 is 0. The molecular formula is C25H24O3. The topological polar surface area (TPSA) is 43.4 Å². The molecule has 2 aromatic carbocycles. The zero-order valence-corrected chi connectivity index (χ0v) is 16.0. The molecule has 1 saturated carbocycles. The van der Waals surface area contributed by atoms with Crippen LogP contribution in [0.1, 0.15) is 41.3 Å². The van der Waals surface area contributed by atoms with Gasteiger partial charge in [-0.1, -0.05) is 49.4 Å². The van der Waals surface area contributed by atoms with Crippen LogP contribution in [0.2, 0.25) is 0 Å². The van der Waals surface area contributed by atoms with Gasteiger partial charge in [0.05, 0.1) is 5.92 Å². The molecule has 0 aliphatic heterocycles. The summed E-state index contributed by atoms with van der Waals surface area (Å²) in [6.45, 7) is 2.12. The standard InChI is InChI=1S/C25H24O3/c1-2-17-3-5-18(6-4-17)8-14-24(26)20-10-12-22(13-11-20)28-25(27)23-16-19-7-9-21(23)15-19/h3-14,19,21,23H,2,15-16H2,1H3. The fourth-order valence-electron chi connectivity index (χ4n) is 4.06. The smallest absolute Gasteiger partial charge is 0.314 e. The molecule has 0 saturated heterocycles. The SMILES string of the molecule is CCc1ccc(C=CC(=O)c2ccc(OC(=O)C3CC4C=CC3C4)cc2)cc1. The van der Waals surface area contributed by atoms with Crippen molar-refractivity contribution in [2.24, 2.45) is 17.8 Å². The predicted octanol–water partition coefficient (Wildman–Crippen LogP) is 5.26. The lowest BCUT2D eigenvalue weighted by molar-refractivity contribution is -0.139. The van der Waals surface area contributed by atoms with E-state index in [0.29, 0.717) is 23.1 Å². The van der Waals surface area contributed by atoms with Crippen molar-refractivity contribution in [3.63, 3.8) is 0 Å². The van der Waals surface area contributed by atoms with E-state index in [0.717, 1.165) is 24.8 Å².